The van der Waals surface area contributed by atoms with Crippen LogP contribution in [0.15, 0.2) is 41.4 Å². The normalized spacial score (nSPS) is 10.8. The molecule has 2 aromatic heterocycles. The van der Waals surface area contributed by atoms with Crippen LogP contribution in [-0.4, -0.2) is 45.3 Å². The van der Waals surface area contributed by atoms with Gasteiger partial charge in [-0.15, -0.1) is 10.2 Å². The number of fused-ring (bicyclic) bond motifs is 1. The number of carbonyl (C=O) groups excluding carboxylic acids is 1. The highest BCUT2D eigenvalue weighted by atomic mass is 32.2. The molecule has 3 aromatic rings. The smallest absolute Gasteiger partial charge is 0.316 e. The van der Waals surface area contributed by atoms with Gasteiger partial charge in [0.15, 0.2) is 11.5 Å². The number of benzene rings is 1. The third kappa shape index (κ3) is 3.48. The van der Waals surface area contributed by atoms with Gasteiger partial charge in [-0.2, -0.15) is 9.61 Å². The number of nitrogens with zero attached hydrogens (tertiary/aromatic N) is 4. The molecule has 0 spiro atoms. The van der Waals surface area contributed by atoms with Crippen LogP contribution in [0.25, 0.3) is 17.0 Å². The van der Waals surface area contributed by atoms with Crippen LogP contribution in [0.3, 0.4) is 0 Å². The number of ether oxygens (including phenoxy) is 2. The Morgan fingerprint density at radius 3 is 2.67 bits per heavy atom. The third-order valence-electron chi connectivity index (χ3n) is 3.23. The molecule has 0 unspecified atom stereocenters. The van der Waals surface area contributed by atoms with Crippen molar-refractivity contribution in [2.24, 2.45) is 0 Å². The van der Waals surface area contributed by atoms with Crippen LogP contribution in [0.4, 0.5) is 0 Å². The van der Waals surface area contributed by atoms with E-state index in [-0.39, 0.29) is 11.7 Å². The lowest BCUT2D eigenvalue weighted by atomic mass is 10.2. The summed E-state index contributed by atoms with van der Waals surface area (Å²) in [5.41, 5.74) is 1.52. The molecule has 7 nitrogen and oxygen atoms in total. The highest BCUT2D eigenvalue weighted by molar-refractivity contribution is 7.99. The minimum Gasteiger partial charge on any atom is -0.497 e. The third-order valence-corrected chi connectivity index (χ3v) is 4.12. The van der Waals surface area contributed by atoms with Crippen molar-refractivity contribution >= 4 is 23.4 Å². The van der Waals surface area contributed by atoms with Crippen molar-refractivity contribution < 1.29 is 14.3 Å². The summed E-state index contributed by atoms with van der Waals surface area (Å²) in [6.07, 6.45) is 0. The van der Waals surface area contributed by atoms with Gasteiger partial charge >= 0.3 is 5.97 Å². The first-order chi connectivity index (χ1) is 11.7. The van der Waals surface area contributed by atoms with E-state index in [1.165, 1.54) is 11.8 Å². The largest absolute Gasteiger partial charge is 0.497 e. The van der Waals surface area contributed by atoms with Crippen molar-refractivity contribution in [2.45, 2.75) is 11.9 Å². The van der Waals surface area contributed by atoms with Gasteiger partial charge in [0.2, 0.25) is 0 Å². The maximum absolute atomic E-state index is 11.5. The Bertz CT molecular complexity index is 848. The second-order valence-corrected chi connectivity index (χ2v) is 5.78. The van der Waals surface area contributed by atoms with Gasteiger partial charge in [-0.05, 0) is 43.3 Å². The second kappa shape index (κ2) is 7.31. The van der Waals surface area contributed by atoms with E-state index in [0.29, 0.717) is 23.1 Å². The predicted octanol–water partition coefficient (Wildman–Crippen LogP) is 2.46. The summed E-state index contributed by atoms with van der Waals surface area (Å²) in [4.78, 5) is 11.5. The van der Waals surface area contributed by atoms with Crippen LogP contribution in [0, 0.1) is 0 Å². The number of hydrogen-bond donors (Lipinski definition) is 0. The van der Waals surface area contributed by atoms with E-state index in [2.05, 4.69) is 15.3 Å². The van der Waals surface area contributed by atoms with Crippen LogP contribution in [0.2, 0.25) is 0 Å². The molecule has 0 aliphatic carbocycles. The minimum absolute atomic E-state index is 0.215. The number of methoxy groups -OCH3 is 1. The lowest BCUT2D eigenvalue weighted by Gasteiger charge is -2.04. The Kier molecular flexibility index (Phi) is 4.95. The van der Waals surface area contributed by atoms with Crippen LogP contribution < -0.4 is 4.74 Å². The standard InChI is InChI=1S/C16H16N4O3S/c1-3-23-15(21)10-24-14-9-8-13-17-18-16(20(13)19-14)11-4-6-12(22-2)7-5-11/h4-9H,3,10H2,1-2H3. The number of rotatable bonds is 6. The maximum Gasteiger partial charge on any atom is 0.316 e. The summed E-state index contributed by atoms with van der Waals surface area (Å²) in [6.45, 7) is 2.16. The second-order valence-electron chi connectivity index (χ2n) is 4.79. The topological polar surface area (TPSA) is 78.6 Å². The van der Waals surface area contributed by atoms with Gasteiger partial charge in [0.05, 0.1) is 19.5 Å². The Balaban J connectivity index is 1.86. The molecule has 24 heavy (non-hydrogen) atoms. The molecule has 3 rings (SSSR count). The van der Waals surface area contributed by atoms with E-state index in [1.807, 2.05) is 36.4 Å². The first kappa shape index (κ1) is 16.3. The number of aromatic nitrogens is 4. The van der Waals surface area contributed by atoms with E-state index in [9.17, 15) is 4.79 Å². The van der Waals surface area contributed by atoms with E-state index in [1.54, 1.807) is 18.5 Å². The molecule has 8 heteroatoms. The first-order valence-electron chi connectivity index (χ1n) is 7.36. The summed E-state index contributed by atoms with van der Waals surface area (Å²) in [7, 11) is 1.62. The average Bonchev–Trinajstić information content (AvgIpc) is 3.03. The zero-order valence-corrected chi connectivity index (χ0v) is 14.1. The molecule has 0 aliphatic heterocycles. The first-order valence-corrected chi connectivity index (χ1v) is 8.35. The Hall–Kier alpha value is -2.61. The zero-order chi connectivity index (χ0) is 16.9. The van der Waals surface area contributed by atoms with Crippen molar-refractivity contribution in [3.8, 4) is 17.1 Å². The molecule has 0 bridgehead atoms. The summed E-state index contributed by atoms with van der Waals surface area (Å²) < 4.78 is 11.7. The van der Waals surface area contributed by atoms with Crippen LogP contribution in [0.1, 0.15) is 6.92 Å². The number of esters is 1. The molecule has 0 fully saturated rings. The summed E-state index contributed by atoms with van der Waals surface area (Å²) in [6, 6.07) is 11.1. The molecule has 1 aromatic carbocycles. The quantitative estimate of drug-likeness (QED) is 0.502. The molecule has 0 atom stereocenters. The SMILES string of the molecule is CCOC(=O)CSc1ccc2nnc(-c3ccc(OC)cc3)n2n1. The molecule has 0 saturated carbocycles. The van der Waals surface area contributed by atoms with E-state index >= 15 is 0 Å². The predicted molar refractivity (Wildman–Crippen MR) is 90.1 cm³/mol. The summed E-state index contributed by atoms with van der Waals surface area (Å²) >= 11 is 1.31. The maximum atomic E-state index is 11.5. The average molecular weight is 344 g/mol. The fourth-order valence-corrected chi connectivity index (χ4v) is 2.76. The number of hydrogen-bond acceptors (Lipinski definition) is 7. The van der Waals surface area contributed by atoms with Gasteiger partial charge in [-0.25, -0.2) is 0 Å². The molecule has 2 heterocycles. The van der Waals surface area contributed by atoms with Gasteiger partial charge in [0.25, 0.3) is 0 Å². The Morgan fingerprint density at radius 2 is 1.96 bits per heavy atom. The fraction of sp³-hybridized carbons (Fsp3) is 0.250. The van der Waals surface area contributed by atoms with Crippen molar-refractivity contribution in [1.82, 2.24) is 19.8 Å². The molecule has 0 saturated heterocycles. The van der Waals surface area contributed by atoms with Crippen molar-refractivity contribution in [2.75, 3.05) is 19.5 Å². The summed E-state index contributed by atoms with van der Waals surface area (Å²) in [5.74, 6) is 1.35. The lowest BCUT2D eigenvalue weighted by molar-refractivity contribution is -0.139. The molecule has 0 N–H and O–H groups in total. The number of carbonyl (C=O) groups is 1. The molecular weight excluding hydrogens is 328 g/mol. The van der Waals surface area contributed by atoms with E-state index in [4.69, 9.17) is 9.47 Å². The highest BCUT2D eigenvalue weighted by Gasteiger charge is 2.11. The van der Waals surface area contributed by atoms with Gasteiger partial charge < -0.3 is 9.47 Å². The zero-order valence-electron chi connectivity index (χ0n) is 13.3. The monoisotopic (exact) mass is 344 g/mol. The van der Waals surface area contributed by atoms with Gasteiger partial charge in [0.1, 0.15) is 10.8 Å². The van der Waals surface area contributed by atoms with E-state index < -0.39 is 0 Å². The highest BCUT2D eigenvalue weighted by Crippen LogP contribution is 2.22. The van der Waals surface area contributed by atoms with Crippen LogP contribution >= 0.6 is 11.8 Å². The molecule has 0 aliphatic rings. The summed E-state index contributed by atoms with van der Waals surface area (Å²) in [5, 5.41) is 13.5. The number of thioether (sulfide) groups is 1. The van der Waals surface area contributed by atoms with Gasteiger partial charge in [-0.1, -0.05) is 11.8 Å². The van der Waals surface area contributed by atoms with Crippen LogP contribution in [0.5, 0.6) is 5.75 Å². The minimum atomic E-state index is -0.261. The molecule has 0 radical (unpaired) electrons. The van der Waals surface area contributed by atoms with Gasteiger partial charge in [-0.3, -0.25) is 4.79 Å². The molecule has 0 amide bonds. The van der Waals surface area contributed by atoms with Crippen molar-refractivity contribution in [1.29, 1.82) is 0 Å². The van der Waals surface area contributed by atoms with E-state index in [0.717, 1.165) is 11.3 Å². The lowest BCUT2D eigenvalue weighted by Crippen LogP contribution is -2.07. The van der Waals surface area contributed by atoms with Gasteiger partial charge in [0, 0.05) is 5.56 Å². The van der Waals surface area contributed by atoms with Crippen LogP contribution in [-0.2, 0) is 9.53 Å². The van der Waals surface area contributed by atoms with Crippen molar-refractivity contribution in [3.63, 3.8) is 0 Å². The van der Waals surface area contributed by atoms with Crippen molar-refractivity contribution in [3.05, 3.63) is 36.4 Å². The Labute approximate surface area is 143 Å². The molecular formula is C16H16N4O3S. The Morgan fingerprint density at radius 1 is 1.17 bits per heavy atom. The molecule has 124 valence electrons. The fourth-order valence-electron chi connectivity index (χ4n) is 2.10.